The zero-order chi connectivity index (χ0) is 21.5. The van der Waals surface area contributed by atoms with Crippen molar-refractivity contribution >= 4 is 75.1 Å². The number of benzene rings is 2. The second kappa shape index (κ2) is 11.0. The first-order chi connectivity index (χ1) is 14.4. The molecular formula is C22H20Cl2N2O2S2. The van der Waals surface area contributed by atoms with E-state index in [0.29, 0.717) is 37.9 Å². The number of halogens is 2. The van der Waals surface area contributed by atoms with Gasteiger partial charge in [0.1, 0.15) is 4.32 Å². The number of nitrogens with one attached hydrogen (secondary N) is 1. The molecule has 156 valence electrons. The Labute approximate surface area is 195 Å². The topological polar surface area (TPSA) is 49.4 Å². The Hall–Kier alpha value is -1.86. The minimum absolute atomic E-state index is 0.0698. The highest BCUT2D eigenvalue weighted by Gasteiger charge is 2.31. The molecule has 0 atom stereocenters. The summed E-state index contributed by atoms with van der Waals surface area (Å²) in [6.07, 6.45) is 4.56. The number of hydrogen-bond acceptors (Lipinski definition) is 4. The van der Waals surface area contributed by atoms with Gasteiger partial charge in [-0.15, -0.1) is 0 Å². The molecule has 2 aromatic carbocycles. The van der Waals surface area contributed by atoms with Crippen LogP contribution >= 0.6 is 47.2 Å². The van der Waals surface area contributed by atoms with E-state index in [9.17, 15) is 9.59 Å². The molecule has 0 radical (unpaired) electrons. The smallest absolute Gasteiger partial charge is 0.266 e. The first-order valence-electron chi connectivity index (χ1n) is 9.49. The van der Waals surface area contributed by atoms with Crippen LogP contribution in [0.25, 0.3) is 6.08 Å². The van der Waals surface area contributed by atoms with Crippen molar-refractivity contribution in [3.8, 4) is 0 Å². The van der Waals surface area contributed by atoms with E-state index in [0.717, 1.165) is 24.8 Å². The van der Waals surface area contributed by atoms with Crippen LogP contribution in [-0.2, 0) is 9.59 Å². The SMILES string of the molecule is O=C(CCCCCN1C(=O)/C(=C/c2ccc(Cl)cc2)SC1=S)Nc1ccccc1Cl. The van der Waals surface area contributed by atoms with Crippen LogP contribution in [0.4, 0.5) is 5.69 Å². The molecule has 0 spiro atoms. The van der Waals surface area contributed by atoms with E-state index in [2.05, 4.69) is 5.32 Å². The molecule has 0 aliphatic carbocycles. The fourth-order valence-corrected chi connectivity index (χ4v) is 4.53. The summed E-state index contributed by atoms with van der Waals surface area (Å²) in [6.45, 7) is 0.550. The molecule has 0 unspecified atom stereocenters. The van der Waals surface area contributed by atoms with Crippen LogP contribution in [0.15, 0.2) is 53.4 Å². The van der Waals surface area contributed by atoms with Crippen molar-refractivity contribution < 1.29 is 9.59 Å². The Kier molecular flexibility index (Phi) is 8.33. The van der Waals surface area contributed by atoms with E-state index in [1.807, 2.05) is 30.3 Å². The summed E-state index contributed by atoms with van der Waals surface area (Å²) in [5.41, 5.74) is 1.53. The first kappa shape index (κ1) is 22.8. The largest absolute Gasteiger partial charge is 0.325 e. The van der Waals surface area contributed by atoms with E-state index in [-0.39, 0.29) is 11.8 Å². The van der Waals surface area contributed by atoms with Gasteiger partial charge in [0.2, 0.25) is 5.91 Å². The van der Waals surface area contributed by atoms with E-state index in [1.54, 1.807) is 29.2 Å². The van der Waals surface area contributed by atoms with Gasteiger partial charge in [-0.2, -0.15) is 0 Å². The van der Waals surface area contributed by atoms with Crippen molar-refractivity contribution in [1.82, 2.24) is 4.90 Å². The lowest BCUT2D eigenvalue weighted by molar-refractivity contribution is -0.122. The Balaban J connectivity index is 1.42. The molecule has 2 amide bonds. The van der Waals surface area contributed by atoms with E-state index < -0.39 is 0 Å². The summed E-state index contributed by atoms with van der Waals surface area (Å²) in [4.78, 5) is 26.9. The van der Waals surface area contributed by atoms with Crippen LogP contribution in [-0.4, -0.2) is 27.6 Å². The monoisotopic (exact) mass is 478 g/mol. The van der Waals surface area contributed by atoms with Crippen molar-refractivity contribution in [2.45, 2.75) is 25.7 Å². The maximum Gasteiger partial charge on any atom is 0.266 e. The molecule has 1 aliphatic rings. The average molecular weight is 479 g/mol. The molecule has 0 bridgehead atoms. The van der Waals surface area contributed by atoms with Crippen molar-refractivity contribution in [3.05, 3.63) is 69.0 Å². The number of anilines is 1. The van der Waals surface area contributed by atoms with Crippen molar-refractivity contribution in [2.75, 3.05) is 11.9 Å². The number of carbonyl (C=O) groups is 2. The third-order valence-electron chi connectivity index (χ3n) is 4.47. The molecule has 1 heterocycles. The van der Waals surface area contributed by atoms with Gasteiger partial charge in [-0.05, 0) is 48.7 Å². The lowest BCUT2D eigenvalue weighted by Gasteiger charge is -2.14. The highest BCUT2D eigenvalue weighted by molar-refractivity contribution is 8.26. The van der Waals surface area contributed by atoms with Crippen LogP contribution in [0.5, 0.6) is 0 Å². The maximum absolute atomic E-state index is 12.6. The van der Waals surface area contributed by atoms with Gasteiger partial charge in [0.05, 0.1) is 15.6 Å². The number of para-hydroxylation sites is 1. The summed E-state index contributed by atoms with van der Waals surface area (Å²) in [6, 6.07) is 14.5. The van der Waals surface area contributed by atoms with Gasteiger partial charge in [-0.1, -0.05) is 77.9 Å². The quantitative estimate of drug-likeness (QED) is 0.271. The lowest BCUT2D eigenvalue weighted by Crippen LogP contribution is -2.29. The van der Waals surface area contributed by atoms with Crippen molar-refractivity contribution in [3.63, 3.8) is 0 Å². The summed E-state index contributed by atoms with van der Waals surface area (Å²) in [5, 5.41) is 3.99. The van der Waals surface area contributed by atoms with Gasteiger partial charge in [-0.3, -0.25) is 14.5 Å². The van der Waals surface area contributed by atoms with Gasteiger partial charge in [0, 0.05) is 18.0 Å². The van der Waals surface area contributed by atoms with Gasteiger partial charge in [0.25, 0.3) is 5.91 Å². The van der Waals surface area contributed by atoms with Crippen molar-refractivity contribution in [2.24, 2.45) is 0 Å². The van der Waals surface area contributed by atoms with Gasteiger partial charge >= 0.3 is 0 Å². The number of rotatable bonds is 8. The zero-order valence-corrected chi connectivity index (χ0v) is 19.2. The van der Waals surface area contributed by atoms with Crippen molar-refractivity contribution in [1.29, 1.82) is 0 Å². The third kappa shape index (κ3) is 6.32. The van der Waals surface area contributed by atoms with Crippen LogP contribution in [0, 0.1) is 0 Å². The van der Waals surface area contributed by atoms with Crippen LogP contribution in [0.1, 0.15) is 31.2 Å². The number of thiocarbonyl (C=S) groups is 1. The number of carbonyl (C=O) groups excluding carboxylic acids is 2. The predicted octanol–water partition coefficient (Wildman–Crippen LogP) is 6.39. The Morgan fingerprint density at radius 1 is 1.07 bits per heavy atom. The fourth-order valence-electron chi connectivity index (χ4n) is 2.91. The summed E-state index contributed by atoms with van der Waals surface area (Å²) >= 11 is 18.6. The first-order valence-corrected chi connectivity index (χ1v) is 11.5. The van der Waals surface area contributed by atoms with Crippen LogP contribution in [0.3, 0.4) is 0 Å². The van der Waals surface area contributed by atoms with E-state index in [4.69, 9.17) is 35.4 Å². The van der Waals surface area contributed by atoms with Gasteiger partial charge in [-0.25, -0.2) is 0 Å². The molecule has 2 aromatic rings. The molecule has 8 heteroatoms. The Morgan fingerprint density at radius 2 is 1.80 bits per heavy atom. The molecule has 0 aromatic heterocycles. The third-order valence-corrected chi connectivity index (χ3v) is 6.43. The molecule has 1 saturated heterocycles. The standard InChI is InChI=1S/C22H20Cl2N2O2S2/c23-16-11-9-15(10-12-16)14-19-21(28)26(22(29)30-19)13-5-1-2-8-20(27)25-18-7-4-3-6-17(18)24/h3-4,6-7,9-12,14H,1-2,5,8,13H2,(H,25,27)/b19-14-. The molecule has 0 saturated carbocycles. The molecule has 1 N–H and O–H groups in total. The minimum Gasteiger partial charge on any atom is -0.325 e. The van der Waals surface area contributed by atoms with Crippen LogP contribution in [0.2, 0.25) is 10.0 Å². The molecule has 30 heavy (non-hydrogen) atoms. The fraction of sp³-hybridized carbons (Fsp3) is 0.227. The number of nitrogens with zero attached hydrogens (tertiary/aromatic N) is 1. The molecule has 1 aliphatic heterocycles. The maximum atomic E-state index is 12.6. The number of hydrogen-bond donors (Lipinski definition) is 1. The molecule has 3 rings (SSSR count). The summed E-state index contributed by atoms with van der Waals surface area (Å²) < 4.78 is 0.566. The highest BCUT2D eigenvalue weighted by atomic mass is 35.5. The number of unbranched alkanes of at least 4 members (excludes halogenated alkanes) is 2. The number of thioether (sulfide) groups is 1. The zero-order valence-electron chi connectivity index (χ0n) is 16.1. The second-order valence-corrected chi connectivity index (χ2v) is 9.24. The Morgan fingerprint density at radius 3 is 2.53 bits per heavy atom. The lowest BCUT2D eigenvalue weighted by atomic mass is 10.1. The average Bonchev–Trinajstić information content (AvgIpc) is 2.98. The van der Waals surface area contributed by atoms with Gasteiger partial charge in [0.15, 0.2) is 0 Å². The minimum atomic E-state index is -0.0728. The van der Waals surface area contributed by atoms with Gasteiger partial charge < -0.3 is 5.32 Å². The summed E-state index contributed by atoms with van der Waals surface area (Å²) in [7, 11) is 0. The highest BCUT2D eigenvalue weighted by Crippen LogP contribution is 2.33. The molecule has 4 nitrogen and oxygen atoms in total. The van der Waals surface area contributed by atoms with E-state index in [1.165, 1.54) is 11.8 Å². The van der Waals surface area contributed by atoms with E-state index >= 15 is 0 Å². The Bertz CT molecular complexity index is 977. The predicted molar refractivity (Wildman–Crippen MR) is 130 cm³/mol. The number of amides is 2. The molecule has 1 fully saturated rings. The second-order valence-electron chi connectivity index (χ2n) is 6.72. The molecular weight excluding hydrogens is 459 g/mol. The van der Waals surface area contributed by atoms with Crippen LogP contribution < -0.4 is 5.32 Å². The normalized spacial score (nSPS) is 15.1. The summed E-state index contributed by atoms with van der Waals surface area (Å²) in [5.74, 6) is -0.143.